The molecule has 1 atom stereocenters. The number of benzene rings is 1. The average molecular weight is 379 g/mol. The summed E-state index contributed by atoms with van der Waals surface area (Å²) < 4.78 is 36.4. The molecule has 0 aromatic heterocycles. The molecule has 1 unspecified atom stereocenters. The van der Waals surface area contributed by atoms with Gasteiger partial charge in [0.15, 0.2) is 0 Å². The summed E-state index contributed by atoms with van der Waals surface area (Å²) in [6.45, 7) is 4.72. The highest BCUT2D eigenvalue weighted by atomic mass is 79.9. The summed E-state index contributed by atoms with van der Waals surface area (Å²) in [4.78, 5) is 11.4. The Morgan fingerprint density at radius 2 is 2.10 bits per heavy atom. The van der Waals surface area contributed by atoms with Gasteiger partial charge in [-0.1, -0.05) is 13.8 Å². The lowest BCUT2D eigenvalue weighted by atomic mass is 10.1. The fraction of sp³-hybridized carbons (Fsp3) is 0.462. The fourth-order valence-corrected chi connectivity index (χ4v) is 3.27. The molecule has 0 saturated heterocycles. The van der Waals surface area contributed by atoms with E-state index in [9.17, 15) is 17.6 Å². The van der Waals surface area contributed by atoms with Gasteiger partial charge in [-0.25, -0.2) is 17.9 Å². The van der Waals surface area contributed by atoms with Crippen molar-refractivity contribution < 1.29 is 17.6 Å². The molecule has 3 N–H and O–H groups in total. The van der Waals surface area contributed by atoms with E-state index in [0.717, 1.165) is 18.6 Å². The summed E-state index contributed by atoms with van der Waals surface area (Å²) in [6, 6.07) is 1.87. The smallest absolute Gasteiger partial charge is 0.252 e. The molecule has 1 fully saturated rings. The Balaban J connectivity index is 2.21. The van der Waals surface area contributed by atoms with E-state index in [-0.39, 0.29) is 15.5 Å². The van der Waals surface area contributed by atoms with Gasteiger partial charge in [0.1, 0.15) is 10.7 Å². The van der Waals surface area contributed by atoms with Gasteiger partial charge in [-0.15, -0.1) is 0 Å². The second kappa shape index (κ2) is 5.33. The van der Waals surface area contributed by atoms with Crippen LogP contribution in [0.15, 0.2) is 21.5 Å². The molecule has 0 spiro atoms. The van der Waals surface area contributed by atoms with E-state index >= 15 is 0 Å². The molecule has 5 nitrogen and oxygen atoms in total. The molecule has 1 aromatic carbocycles. The first-order valence-electron chi connectivity index (χ1n) is 6.32. The van der Waals surface area contributed by atoms with Crippen LogP contribution in [0.1, 0.15) is 30.6 Å². The third kappa shape index (κ3) is 3.61. The van der Waals surface area contributed by atoms with Crippen molar-refractivity contribution in [1.29, 1.82) is 0 Å². The molecule has 0 radical (unpaired) electrons. The van der Waals surface area contributed by atoms with Crippen LogP contribution in [0.5, 0.6) is 0 Å². The monoisotopic (exact) mass is 378 g/mol. The Bertz CT molecular complexity index is 704. The van der Waals surface area contributed by atoms with Gasteiger partial charge < -0.3 is 5.32 Å². The molecule has 8 heteroatoms. The first kappa shape index (κ1) is 16.4. The Kier molecular flexibility index (Phi) is 4.16. The van der Waals surface area contributed by atoms with Gasteiger partial charge in [0.2, 0.25) is 10.0 Å². The van der Waals surface area contributed by atoms with Crippen molar-refractivity contribution in [2.75, 3.05) is 6.54 Å². The quantitative estimate of drug-likeness (QED) is 0.839. The molecule has 1 saturated carbocycles. The van der Waals surface area contributed by atoms with Crippen LogP contribution in [0.3, 0.4) is 0 Å². The molecule has 1 aliphatic carbocycles. The number of hydrogen-bond acceptors (Lipinski definition) is 3. The average Bonchev–Trinajstić information content (AvgIpc) is 2.92. The zero-order valence-electron chi connectivity index (χ0n) is 11.6. The molecular formula is C13H16BrFN2O3S. The van der Waals surface area contributed by atoms with Crippen molar-refractivity contribution >= 4 is 31.9 Å². The van der Waals surface area contributed by atoms with Crippen LogP contribution in [0.25, 0.3) is 0 Å². The number of primary sulfonamides is 1. The summed E-state index contributed by atoms with van der Waals surface area (Å²) in [5.74, 6) is -1.06. The number of hydrogen-bond donors (Lipinski definition) is 2. The van der Waals surface area contributed by atoms with Gasteiger partial charge in [0.25, 0.3) is 5.91 Å². The van der Waals surface area contributed by atoms with Gasteiger partial charge >= 0.3 is 0 Å². The Morgan fingerprint density at radius 3 is 2.57 bits per heavy atom. The van der Waals surface area contributed by atoms with Crippen LogP contribution >= 0.6 is 15.9 Å². The molecule has 116 valence electrons. The number of carbonyl (C=O) groups excluding carboxylic acids is 1. The number of sulfonamides is 1. The van der Waals surface area contributed by atoms with Crippen molar-refractivity contribution in [3.8, 4) is 0 Å². The van der Waals surface area contributed by atoms with Crippen LogP contribution in [0.2, 0.25) is 0 Å². The topological polar surface area (TPSA) is 89.3 Å². The molecule has 2 rings (SSSR count). The highest BCUT2D eigenvalue weighted by Gasteiger charge is 2.45. The number of nitrogens with two attached hydrogens (primary N) is 1. The maximum atomic E-state index is 13.6. The Hall–Kier alpha value is -0.990. The van der Waals surface area contributed by atoms with E-state index in [2.05, 4.69) is 35.1 Å². The van der Waals surface area contributed by atoms with Crippen molar-refractivity contribution in [2.24, 2.45) is 16.5 Å². The van der Waals surface area contributed by atoms with Gasteiger partial charge in [0, 0.05) is 11.0 Å². The van der Waals surface area contributed by atoms with Crippen molar-refractivity contribution in [1.82, 2.24) is 5.32 Å². The lowest BCUT2D eigenvalue weighted by Crippen LogP contribution is -2.27. The fourth-order valence-electron chi connectivity index (χ4n) is 2.16. The normalized spacial score (nSPS) is 20.1. The third-order valence-corrected chi connectivity index (χ3v) is 5.38. The van der Waals surface area contributed by atoms with Crippen LogP contribution in [-0.4, -0.2) is 20.9 Å². The zero-order valence-corrected chi connectivity index (χ0v) is 14.0. The first-order chi connectivity index (χ1) is 9.52. The van der Waals surface area contributed by atoms with Crippen LogP contribution in [-0.2, 0) is 10.0 Å². The number of carbonyl (C=O) groups is 1. The van der Waals surface area contributed by atoms with Crippen molar-refractivity contribution in [3.05, 3.63) is 28.0 Å². The molecular weight excluding hydrogens is 363 g/mol. The SMILES string of the molecule is CC1(C)CC1CNC(=O)c1cc(S(N)(=O)=O)c(F)cc1Br. The minimum atomic E-state index is -4.22. The molecule has 0 bridgehead atoms. The molecule has 1 aliphatic rings. The minimum Gasteiger partial charge on any atom is -0.352 e. The van der Waals surface area contributed by atoms with Gasteiger partial charge in [0.05, 0.1) is 5.56 Å². The number of halogens is 2. The second-order valence-corrected chi connectivity index (χ2v) is 8.29. The lowest BCUT2D eigenvalue weighted by Gasteiger charge is -2.10. The summed E-state index contributed by atoms with van der Waals surface area (Å²) >= 11 is 3.06. The number of nitrogens with one attached hydrogen (secondary N) is 1. The van der Waals surface area contributed by atoms with E-state index < -0.39 is 26.6 Å². The van der Waals surface area contributed by atoms with E-state index in [1.165, 1.54) is 0 Å². The Morgan fingerprint density at radius 1 is 1.52 bits per heavy atom. The maximum absolute atomic E-state index is 13.6. The maximum Gasteiger partial charge on any atom is 0.252 e. The van der Waals surface area contributed by atoms with E-state index in [0.29, 0.717) is 12.5 Å². The first-order valence-corrected chi connectivity index (χ1v) is 8.66. The third-order valence-electron chi connectivity index (χ3n) is 3.80. The molecule has 1 aromatic rings. The molecule has 21 heavy (non-hydrogen) atoms. The summed E-state index contributed by atoms with van der Waals surface area (Å²) in [5.41, 5.74) is 0.262. The van der Waals surface area contributed by atoms with Gasteiger partial charge in [-0.2, -0.15) is 0 Å². The second-order valence-electron chi connectivity index (χ2n) is 5.91. The van der Waals surface area contributed by atoms with Crippen LogP contribution < -0.4 is 10.5 Å². The lowest BCUT2D eigenvalue weighted by molar-refractivity contribution is 0.0949. The van der Waals surface area contributed by atoms with Gasteiger partial charge in [-0.05, 0) is 45.8 Å². The van der Waals surface area contributed by atoms with Crippen LogP contribution in [0, 0.1) is 17.2 Å². The summed E-state index contributed by atoms with van der Waals surface area (Å²) in [7, 11) is -4.22. The van der Waals surface area contributed by atoms with Crippen LogP contribution in [0.4, 0.5) is 4.39 Å². The predicted molar refractivity (Wildman–Crippen MR) is 79.7 cm³/mol. The van der Waals surface area contributed by atoms with Crippen molar-refractivity contribution in [3.63, 3.8) is 0 Å². The highest BCUT2D eigenvalue weighted by molar-refractivity contribution is 9.10. The minimum absolute atomic E-state index is 0.0406. The standard InChI is InChI=1S/C13H16BrFN2O3S/c1-13(2)5-7(13)6-17-12(18)8-3-11(21(16,19)20)10(15)4-9(8)14/h3-4,7H,5-6H2,1-2H3,(H,17,18)(H2,16,19,20). The number of rotatable bonds is 4. The largest absolute Gasteiger partial charge is 0.352 e. The summed E-state index contributed by atoms with van der Waals surface area (Å²) in [6.07, 6.45) is 1.03. The zero-order chi connectivity index (χ0) is 16.0. The molecule has 0 aliphatic heterocycles. The molecule has 0 heterocycles. The predicted octanol–water partition coefficient (Wildman–Crippen LogP) is 2.01. The Labute approximate surface area is 131 Å². The van der Waals surface area contributed by atoms with E-state index in [4.69, 9.17) is 5.14 Å². The van der Waals surface area contributed by atoms with Gasteiger partial charge in [-0.3, -0.25) is 4.79 Å². The number of amides is 1. The highest BCUT2D eigenvalue weighted by Crippen LogP contribution is 2.51. The summed E-state index contributed by atoms with van der Waals surface area (Å²) in [5, 5.41) is 7.66. The molecule has 1 amide bonds. The van der Waals surface area contributed by atoms with E-state index in [1.807, 2.05) is 0 Å². The van der Waals surface area contributed by atoms with Crippen molar-refractivity contribution in [2.45, 2.75) is 25.2 Å². The van der Waals surface area contributed by atoms with E-state index in [1.54, 1.807) is 0 Å².